The second-order valence-corrected chi connectivity index (χ2v) is 6.51. The van der Waals surface area contributed by atoms with Crippen LogP contribution in [0.3, 0.4) is 0 Å². The van der Waals surface area contributed by atoms with Crippen molar-refractivity contribution < 1.29 is 4.79 Å². The Bertz CT molecular complexity index is 1190. The number of aromatic nitrogens is 3. The average molecular weight is 346 g/mol. The first-order chi connectivity index (χ1) is 12.5. The fourth-order valence-corrected chi connectivity index (χ4v) is 2.98. The summed E-state index contributed by atoms with van der Waals surface area (Å²) in [5, 5.41) is 9.49. The number of rotatable bonds is 3. The van der Waals surface area contributed by atoms with Crippen molar-refractivity contribution in [2.24, 2.45) is 0 Å². The van der Waals surface area contributed by atoms with Crippen LogP contribution in [0.25, 0.3) is 21.7 Å². The van der Waals surface area contributed by atoms with Gasteiger partial charge >= 0.3 is 0 Å². The zero-order chi connectivity index (χ0) is 18.3. The number of carbonyl (C=O) groups excluding carboxylic acids is 1. The number of benzene rings is 2. The van der Waals surface area contributed by atoms with Crippen molar-refractivity contribution in [2.75, 3.05) is 5.32 Å². The second-order valence-electron chi connectivity index (χ2n) is 6.51. The van der Waals surface area contributed by atoms with E-state index < -0.39 is 0 Å². The molecular formula is C20H18N4O2. The number of carbonyl (C=O) groups is 1. The number of hydrogen-bond acceptors (Lipinski definition) is 3. The van der Waals surface area contributed by atoms with Gasteiger partial charge in [-0.2, -0.15) is 5.10 Å². The zero-order valence-corrected chi connectivity index (χ0v) is 14.5. The maximum absolute atomic E-state index is 12.7. The number of nitrogens with zero attached hydrogens (tertiary/aromatic N) is 2. The normalized spacial score (nSPS) is 11.3. The van der Waals surface area contributed by atoms with E-state index in [1.807, 2.05) is 35.1 Å². The number of amides is 1. The van der Waals surface area contributed by atoms with Gasteiger partial charge in [0, 0.05) is 40.3 Å². The van der Waals surface area contributed by atoms with Gasteiger partial charge in [0.15, 0.2) is 0 Å². The Morgan fingerprint density at radius 1 is 1.15 bits per heavy atom. The Morgan fingerprint density at radius 3 is 2.69 bits per heavy atom. The molecule has 130 valence electrons. The SMILES string of the molecule is CC(C)n1cc2cc(NC(=O)c3c[nH]c(=O)c4ccccc34)ccc2n1. The molecule has 0 fully saturated rings. The second kappa shape index (κ2) is 6.15. The minimum atomic E-state index is -0.270. The third-order valence-corrected chi connectivity index (χ3v) is 4.36. The van der Waals surface area contributed by atoms with Crippen LogP contribution in [0.5, 0.6) is 0 Å². The summed E-state index contributed by atoms with van der Waals surface area (Å²) in [5.41, 5.74) is 1.78. The van der Waals surface area contributed by atoms with Gasteiger partial charge in [0.1, 0.15) is 0 Å². The van der Waals surface area contributed by atoms with Gasteiger partial charge in [0.05, 0.1) is 11.1 Å². The minimum Gasteiger partial charge on any atom is -0.328 e. The van der Waals surface area contributed by atoms with Crippen molar-refractivity contribution in [3.05, 3.63) is 70.8 Å². The Kier molecular flexibility index (Phi) is 3.80. The molecule has 6 nitrogen and oxygen atoms in total. The number of H-pyrrole nitrogens is 1. The molecule has 0 aliphatic carbocycles. The third kappa shape index (κ3) is 2.75. The first-order valence-corrected chi connectivity index (χ1v) is 8.43. The van der Waals surface area contributed by atoms with Crippen molar-refractivity contribution in [3.63, 3.8) is 0 Å². The highest BCUT2D eigenvalue weighted by Crippen LogP contribution is 2.21. The van der Waals surface area contributed by atoms with Gasteiger partial charge in [-0.25, -0.2) is 0 Å². The Balaban J connectivity index is 1.69. The number of nitrogens with one attached hydrogen (secondary N) is 2. The van der Waals surface area contributed by atoms with Crippen molar-refractivity contribution in [3.8, 4) is 0 Å². The molecule has 2 aromatic heterocycles. The van der Waals surface area contributed by atoms with Gasteiger partial charge in [-0.15, -0.1) is 0 Å². The lowest BCUT2D eigenvalue weighted by atomic mass is 10.1. The number of aromatic amines is 1. The standard InChI is InChI=1S/C20H18N4O2/c1-12(2)24-11-13-9-14(7-8-18(13)23-24)22-20(26)17-10-21-19(25)16-6-4-3-5-15(16)17/h3-12H,1-2H3,(H,21,25)(H,22,26). The average Bonchev–Trinajstić information content (AvgIpc) is 3.06. The largest absolute Gasteiger partial charge is 0.328 e. The van der Waals surface area contributed by atoms with E-state index in [2.05, 4.69) is 29.2 Å². The van der Waals surface area contributed by atoms with E-state index in [4.69, 9.17) is 0 Å². The monoisotopic (exact) mass is 346 g/mol. The molecule has 0 aliphatic heterocycles. The molecule has 0 saturated heterocycles. The molecule has 0 unspecified atom stereocenters. The molecule has 1 amide bonds. The predicted molar refractivity (Wildman–Crippen MR) is 103 cm³/mol. The predicted octanol–water partition coefficient (Wildman–Crippen LogP) is 3.71. The van der Waals surface area contributed by atoms with Crippen LogP contribution in [0.4, 0.5) is 5.69 Å². The lowest BCUT2D eigenvalue weighted by Gasteiger charge is -2.07. The van der Waals surface area contributed by atoms with Crippen LogP contribution in [-0.4, -0.2) is 20.7 Å². The summed E-state index contributed by atoms with van der Waals surface area (Å²) in [7, 11) is 0. The lowest BCUT2D eigenvalue weighted by molar-refractivity contribution is 0.102. The van der Waals surface area contributed by atoms with E-state index in [1.165, 1.54) is 6.20 Å². The summed E-state index contributed by atoms with van der Waals surface area (Å²) in [4.78, 5) is 27.3. The Labute approximate surface area is 149 Å². The van der Waals surface area contributed by atoms with Gasteiger partial charge in [-0.3, -0.25) is 14.3 Å². The first-order valence-electron chi connectivity index (χ1n) is 8.43. The Morgan fingerprint density at radius 2 is 1.92 bits per heavy atom. The smallest absolute Gasteiger partial charge is 0.257 e. The van der Waals surface area contributed by atoms with Crippen LogP contribution in [0.15, 0.2) is 59.7 Å². The van der Waals surface area contributed by atoms with E-state index in [-0.39, 0.29) is 17.5 Å². The van der Waals surface area contributed by atoms with E-state index in [1.54, 1.807) is 18.2 Å². The summed E-state index contributed by atoms with van der Waals surface area (Å²) < 4.78 is 1.89. The van der Waals surface area contributed by atoms with Crippen molar-refractivity contribution in [2.45, 2.75) is 19.9 Å². The van der Waals surface area contributed by atoms with Gasteiger partial charge in [-0.1, -0.05) is 18.2 Å². The molecule has 0 saturated carbocycles. The maximum atomic E-state index is 12.7. The van der Waals surface area contributed by atoms with Crippen molar-refractivity contribution in [1.29, 1.82) is 0 Å². The molecule has 2 N–H and O–H groups in total. The highest BCUT2D eigenvalue weighted by molar-refractivity contribution is 6.12. The first kappa shape index (κ1) is 16.1. The van der Waals surface area contributed by atoms with Gasteiger partial charge < -0.3 is 10.3 Å². The van der Waals surface area contributed by atoms with Crippen LogP contribution in [-0.2, 0) is 0 Å². The topological polar surface area (TPSA) is 79.8 Å². The molecule has 0 bridgehead atoms. The number of pyridine rings is 1. The molecule has 6 heteroatoms. The fraction of sp³-hybridized carbons (Fsp3) is 0.150. The van der Waals surface area contributed by atoms with Crippen LogP contribution in [0, 0.1) is 0 Å². The molecule has 26 heavy (non-hydrogen) atoms. The zero-order valence-electron chi connectivity index (χ0n) is 14.5. The van der Waals surface area contributed by atoms with Crippen LogP contribution >= 0.6 is 0 Å². The quantitative estimate of drug-likeness (QED) is 0.593. The van der Waals surface area contributed by atoms with Gasteiger partial charge in [0.2, 0.25) is 0 Å². The molecule has 2 heterocycles. The molecule has 0 atom stereocenters. The Hall–Kier alpha value is -3.41. The fourth-order valence-electron chi connectivity index (χ4n) is 2.98. The van der Waals surface area contributed by atoms with Crippen molar-refractivity contribution >= 4 is 33.3 Å². The highest BCUT2D eigenvalue weighted by Gasteiger charge is 2.13. The van der Waals surface area contributed by atoms with Crippen LogP contribution in [0.1, 0.15) is 30.2 Å². The van der Waals surface area contributed by atoms with E-state index in [9.17, 15) is 9.59 Å². The summed E-state index contributed by atoms with van der Waals surface area (Å²) in [6.45, 7) is 4.13. The molecule has 0 spiro atoms. The molecule has 4 aromatic rings. The summed E-state index contributed by atoms with van der Waals surface area (Å²) in [6, 6.07) is 12.9. The molecule has 4 rings (SSSR count). The van der Waals surface area contributed by atoms with E-state index >= 15 is 0 Å². The minimum absolute atomic E-state index is 0.209. The number of hydrogen-bond donors (Lipinski definition) is 2. The lowest BCUT2D eigenvalue weighted by Crippen LogP contribution is -2.16. The van der Waals surface area contributed by atoms with Crippen LogP contribution in [0.2, 0.25) is 0 Å². The third-order valence-electron chi connectivity index (χ3n) is 4.36. The van der Waals surface area contributed by atoms with E-state index in [0.717, 1.165) is 10.9 Å². The van der Waals surface area contributed by atoms with Gasteiger partial charge in [-0.05, 0) is 38.1 Å². The number of anilines is 1. The molecule has 0 radical (unpaired) electrons. The molecule has 0 aliphatic rings. The van der Waals surface area contributed by atoms with E-state index in [0.29, 0.717) is 22.0 Å². The van der Waals surface area contributed by atoms with Crippen molar-refractivity contribution in [1.82, 2.24) is 14.8 Å². The molecular weight excluding hydrogens is 328 g/mol. The van der Waals surface area contributed by atoms with Gasteiger partial charge in [0.25, 0.3) is 11.5 Å². The van der Waals surface area contributed by atoms with Crippen LogP contribution < -0.4 is 10.9 Å². The number of fused-ring (bicyclic) bond motifs is 2. The summed E-state index contributed by atoms with van der Waals surface area (Å²) in [5.74, 6) is -0.270. The summed E-state index contributed by atoms with van der Waals surface area (Å²) >= 11 is 0. The highest BCUT2D eigenvalue weighted by atomic mass is 16.1. The maximum Gasteiger partial charge on any atom is 0.257 e. The summed E-state index contributed by atoms with van der Waals surface area (Å²) in [6.07, 6.45) is 3.42. The molecule has 2 aromatic carbocycles.